The van der Waals surface area contributed by atoms with Crippen LogP contribution >= 0.6 is 12.2 Å². The second-order valence-electron chi connectivity index (χ2n) is 5.21. The minimum atomic E-state index is -0.451. The average Bonchev–Trinajstić information content (AvgIpc) is 2.60. The lowest BCUT2D eigenvalue weighted by molar-refractivity contribution is -0.133. The monoisotopic (exact) mass is 364 g/mol. The van der Waals surface area contributed by atoms with Crippen molar-refractivity contribution in [2.24, 2.45) is 0 Å². The van der Waals surface area contributed by atoms with E-state index in [0.29, 0.717) is 18.7 Å². The fourth-order valence-corrected chi connectivity index (χ4v) is 2.97. The Bertz CT molecular complexity index is 706. The lowest BCUT2D eigenvalue weighted by Crippen LogP contribution is -2.55. The van der Waals surface area contributed by atoms with Gasteiger partial charge in [-0.3, -0.25) is 19.4 Å². The van der Waals surface area contributed by atoms with Gasteiger partial charge in [-0.05, 0) is 49.8 Å². The number of methoxy groups -OCH3 is 2. The summed E-state index contributed by atoms with van der Waals surface area (Å²) in [6, 6.07) is 3.04. The molecule has 1 N–H and O–H groups in total. The number of thiocarbonyl (C=S) groups is 1. The van der Waals surface area contributed by atoms with E-state index in [9.17, 15) is 14.7 Å². The summed E-state index contributed by atoms with van der Waals surface area (Å²) in [5.74, 6) is -0.698. The van der Waals surface area contributed by atoms with Gasteiger partial charge in [0, 0.05) is 13.1 Å². The fourth-order valence-electron chi connectivity index (χ4n) is 2.55. The van der Waals surface area contributed by atoms with E-state index in [0.717, 1.165) is 0 Å². The van der Waals surface area contributed by atoms with Crippen LogP contribution in [0.1, 0.15) is 19.4 Å². The first kappa shape index (κ1) is 18.7. The molecule has 0 saturated carbocycles. The number of benzene rings is 1. The molecule has 0 unspecified atom stereocenters. The lowest BCUT2D eigenvalue weighted by Gasteiger charge is -2.35. The largest absolute Gasteiger partial charge is 0.502 e. The molecule has 2 amide bonds. The first-order valence-corrected chi connectivity index (χ1v) is 8.14. The Morgan fingerprint density at radius 2 is 1.48 bits per heavy atom. The number of carbonyl (C=O) groups is 2. The molecule has 1 aromatic carbocycles. The zero-order valence-electron chi connectivity index (χ0n) is 14.5. The topological polar surface area (TPSA) is 79.3 Å². The summed E-state index contributed by atoms with van der Waals surface area (Å²) in [6.45, 7) is 4.30. The number of aromatic hydroxyl groups is 1. The highest BCUT2D eigenvalue weighted by Gasteiger charge is 2.37. The van der Waals surface area contributed by atoms with Gasteiger partial charge < -0.3 is 14.6 Å². The van der Waals surface area contributed by atoms with E-state index in [4.69, 9.17) is 21.7 Å². The molecule has 7 nitrogen and oxygen atoms in total. The van der Waals surface area contributed by atoms with E-state index >= 15 is 0 Å². The SMILES string of the molecule is CCN1C(=O)C(=Cc2cc(OC)c(O)c(OC)c2)C(=O)N(CC)C1=S. The first-order valence-electron chi connectivity index (χ1n) is 7.73. The molecule has 8 heteroatoms. The fraction of sp³-hybridized carbons (Fsp3) is 0.353. The average molecular weight is 364 g/mol. The third-order valence-electron chi connectivity index (χ3n) is 3.86. The number of ether oxygens (including phenoxy) is 2. The zero-order valence-corrected chi connectivity index (χ0v) is 15.3. The van der Waals surface area contributed by atoms with Gasteiger partial charge in [-0.2, -0.15) is 0 Å². The van der Waals surface area contributed by atoms with Crippen LogP contribution in [-0.2, 0) is 9.59 Å². The predicted octanol–water partition coefficient (Wildman–Crippen LogP) is 1.79. The van der Waals surface area contributed by atoms with Crippen LogP contribution in [0, 0.1) is 0 Å². The molecule has 0 radical (unpaired) electrons. The number of carbonyl (C=O) groups excluding carboxylic acids is 2. The van der Waals surface area contributed by atoms with Crippen molar-refractivity contribution in [1.82, 2.24) is 9.80 Å². The Hall–Kier alpha value is -2.61. The van der Waals surface area contributed by atoms with E-state index in [2.05, 4.69) is 0 Å². The maximum atomic E-state index is 12.6. The molecular formula is C17H20N2O5S. The van der Waals surface area contributed by atoms with Gasteiger partial charge in [0.15, 0.2) is 16.6 Å². The van der Waals surface area contributed by atoms with Crippen LogP contribution in [0.3, 0.4) is 0 Å². The maximum absolute atomic E-state index is 12.6. The molecule has 0 spiro atoms. The van der Waals surface area contributed by atoms with Crippen LogP contribution in [0.2, 0.25) is 0 Å². The van der Waals surface area contributed by atoms with Gasteiger partial charge in [-0.15, -0.1) is 0 Å². The van der Waals surface area contributed by atoms with Crippen LogP contribution < -0.4 is 9.47 Å². The normalized spacial score (nSPS) is 14.9. The summed E-state index contributed by atoms with van der Waals surface area (Å²) in [7, 11) is 2.80. The molecule has 1 fully saturated rings. The van der Waals surface area contributed by atoms with Crippen LogP contribution in [-0.4, -0.2) is 59.1 Å². The second-order valence-corrected chi connectivity index (χ2v) is 5.58. The Balaban J connectivity index is 2.56. The molecular weight excluding hydrogens is 344 g/mol. The highest BCUT2D eigenvalue weighted by molar-refractivity contribution is 7.80. The molecule has 1 aromatic rings. The first-order chi connectivity index (χ1) is 11.9. The van der Waals surface area contributed by atoms with E-state index in [-0.39, 0.29) is 27.9 Å². The zero-order chi connectivity index (χ0) is 18.7. The smallest absolute Gasteiger partial charge is 0.265 e. The van der Waals surface area contributed by atoms with Gasteiger partial charge >= 0.3 is 0 Å². The van der Waals surface area contributed by atoms with Gasteiger partial charge in [0.25, 0.3) is 11.8 Å². The number of hydrogen-bond donors (Lipinski definition) is 1. The molecule has 0 atom stereocenters. The Morgan fingerprint density at radius 1 is 1.04 bits per heavy atom. The molecule has 25 heavy (non-hydrogen) atoms. The van der Waals surface area contributed by atoms with Crippen LogP contribution in [0.25, 0.3) is 6.08 Å². The van der Waals surface area contributed by atoms with E-state index in [1.54, 1.807) is 13.8 Å². The van der Waals surface area contributed by atoms with Gasteiger partial charge in [-0.25, -0.2) is 0 Å². The number of amides is 2. The molecule has 0 bridgehead atoms. The van der Waals surface area contributed by atoms with Crippen molar-refractivity contribution in [2.45, 2.75) is 13.8 Å². The number of likely N-dealkylation sites (N-methyl/N-ethyl adjacent to an activating group) is 2. The quantitative estimate of drug-likeness (QED) is 0.487. The van der Waals surface area contributed by atoms with Gasteiger partial charge in [0.1, 0.15) is 5.57 Å². The summed E-state index contributed by atoms with van der Waals surface area (Å²) in [5.41, 5.74) is 0.482. The highest BCUT2D eigenvalue weighted by atomic mass is 32.1. The van der Waals surface area contributed by atoms with Crippen molar-refractivity contribution in [1.29, 1.82) is 0 Å². The summed E-state index contributed by atoms with van der Waals surface area (Å²) in [5, 5.41) is 10.2. The third-order valence-corrected chi connectivity index (χ3v) is 4.30. The third kappa shape index (κ3) is 3.30. The van der Waals surface area contributed by atoms with E-state index in [1.807, 2.05) is 0 Å². The molecule has 1 aliphatic heterocycles. The van der Waals surface area contributed by atoms with Crippen molar-refractivity contribution in [3.05, 3.63) is 23.3 Å². The van der Waals surface area contributed by atoms with Crippen LogP contribution in [0.4, 0.5) is 0 Å². The number of nitrogens with zero attached hydrogens (tertiary/aromatic N) is 2. The predicted molar refractivity (Wildman–Crippen MR) is 96.6 cm³/mol. The summed E-state index contributed by atoms with van der Waals surface area (Å²) in [6.07, 6.45) is 1.45. The minimum Gasteiger partial charge on any atom is -0.502 e. The molecule has 134 valence electrons. The van der Waals surface area contributed by atoms with Crippen molar-refractivity contribution < 1.29 is 24.2 Å². The van der Waals surface area contributed by atoms with Crippen molar-refractivity contribution >= 4 is 35.2 Å². The molecule has 1 saturated heterocycles. The van der Waals surface area contributed by atoms with Crippen LogP contribution in [0.15, 0.2) is 17.7 Å². The van der Waals surface area contributed by atoms with E-state index < -0.39 is 11.8 Å². The number of phenols is 1. The summed E-state index contributed by atoms with van der Waals surface area (Å²) < 4.78 is 10.2. The highest BCUT2D eigenvalue weighted by Crippen LogP contribution is 2.38. The molecule has 0 aliphatic carbocycles. The van der Waals surface area contributed by atoms with Crippen molar-refractivity contribution in [3.63, 3.8) is 0 Å². The number of phenolic OH excluding ortho intramolecular Hbond substituents is 1. The molecule has 0 aromatic heterocycles. The maximum Gasteiger partial charge on any atom is 0.265 e. The van der Waals surface area contributed by atoms with Crippen molar-refractivity contribution in [2.75, 3.05) is 27.3 Å². The van der Waals surface area contributed by atoms with E-state index in [1.165, 1.54) is 42.2 Å². The Morgan fingerprint density at radius 3 is 1.84 bits per heavy atom. The second kappa shape index (κ2) is 7.52. The van der Waals surface area contributed by atoms with Gasteiger partial charge in [-0.1, -0.05) is 0 Å². The van der Waals surface area contributed by atoms with Crippen molar-refractivity contribution in [3.8, 4) is 17.2 Å². The molecule has 2 rings (SSSR count). The number of hydrogen-bond acceptors (Lipinski definition) is 6. The minimum absolute atomic E-state index is 0.00732. The molecule has 1 aliphatic rings. The summed E-state index contributed by atoms with van der Waals surface area (Å²) >= 11 is 5.22. The Labute approximate surface area is 151 Å². The summed E-state index contributed by atoms with van der Waals surface area (Å²) in [4.78, 5) is 28.0. The van der Waals surface area contributed by atoms with Crippen LogP contribution in [0.5, 0.6) is 17.2 Å². The standard InChI is InChI=1S/C17H20N2O5S/c1-5-18-15(21)11(16(22)19(6-2)17(18)25)7-10-8-12(23-3)14(20)13(9-10)24-4/h7-9,20H,5-6H2,1-4H3. The molecule has 1 heterocycles. The number of rotatable bonds is 5. The Kier molecular flexibility index (Phi) is 5.63. The lowest BCUT2D eigenvalue weighted by atomic mass is 10.1. The van der Waals surface area contributed by atoms with Gasteiger partial charge in [0.2, 0.25) is 5.75 Å². The van der Waals surface area contributed by atoms with Gasteiger partial charge in [0.05, 0.1) is 14.2 Å².